The summed E-state index contributed by atoms with van der Waals surface area (Å²) in [4.78, 5) is 9.35. The highest BCUT2D eigenvalue weighted by molar-refractivity contribution is 5.02. The number of nitrogens with one attached hydrogen (secondary N) is 1. The number of nitrogens with zero attached hydrogens (tertiary/aromatic N) is 4. The molecule has 3 N–H and O–H groups in total. The molecular weight excluding hydrogens is 192 g/mol. The number of hydrogen-bond donors (Lipinski definition) is 2. The van der Waals surface area contributed by atoms with Crippen LogP contribution in [-0.2, 0) is 6.54 Å². The van der Waals surface area contributed by atoms with Crippen LogP contribution in [0.2, 0.25) is 0 Å². The zero-order valence-electron chi connectivity index (χ0n) is 8.69. The number of fused-ring (bicyclic) bond motifs is 3. The first-order valence-corrected chi connectivity index (χ1v) is 5.44. The van der Waals surface area contributed by atoms with Crippen LogP contribution in [-0.4, -0.2) is 57.7 Å². The van der Waals surface area contributed by atoms with Gasteiger partial charge < -0.3 is 5.73 Å². The van der Waals surface area contributed by atoms with E-state index in [4.69, 9.17) is 5.73 Å². The van der Waals surface area contributed by atoms with E-state index >= 15 is 0 Å². The second-order valence-corrected chi connectivity index (χ2v) is 4.20. The van der Waals surface area contributed by atoms with Crippen LogP contribution in [0.5, 0.6) is 0 Å². The minimum atomic E-state index is 0.365. The lowest BCUT2D eigenvalue weighted by atomic mass is 10.1. The standard InChI is InChI=1S/C9H16N6/c10-5-8-11-9(13-12-8)7-6-14-1-3-15(7)4-2-14/h7H,1-6,10H2,(H,11,12,13). The smallest absolute Gasteiger partial charge is 0.169 e. The molecule has 0 spiro atoms. The predicted octanol–water partition coefficient (Wildman–Crippen LogP) is -1.06. The van der Waals surface area contributed by atoms with E-state index in [0.29, 0.717) is 12.6 Å². The van der Waals surface area contributed by atoms with Crippen molar-refractivity contribution in [2.45, 2.75) is 12.6 Å². The average molecular weight is 208 g/mol. The third-order valence-corrected chi connectivity index (χ3v) is 3.32. The number of rotatable bonds is 2. The van der Waals surface area contributed by atoms with Gasteiger partial charge in [-0.3, -0.25) is 14.9 Å². The zero-order valence-corrected chi connectivity index (χ0v) is 8.69. The molecule has 6 nitrogen and oxygen atoms in total. The molecular formula is C9H16N6. The van der Waals surface area contributed by atoms with Gasteiger partial charge in [0.1, 0.15) is 5.82 Å². The maximum Gasteiger partial charge on any atom is 0.169 e. The van der Waals surface area contributed by atoms with E-state index in [2.05, 4.69) is 25.0 Å². The van der Waals surface area contributed by atoms with E-state index in [1.54, 1.807) is 0 Å². The summed E-state index contributed by atoms with van der Waals surface area (Å²) in [5.41, 5.74) is 5.51. The Morgan fingerprint density at radius 2 is 2.13 bits per heavy atom. The molecule has 4 heterocycles. The molecule has 2 bridgehead atoms. The van der Waals surface area contributed by atoms with Gasteiger partial charge >= 0.3 is 0 Å². The van der Waals surface area contributed by atoms with Gasteiger partial charge in [-0.1, -0.05) is 0 Å². The van der Waals surface area contributed by atoms with E-state index in [1.165, 1.54) is 13.1 Å². The van der Waals surface area contributed by atoms with Gasteiger partial charge in [0.05, 0.1) is 12.6 Å². The third-order valence-electron chi connectivity index (χ3n) is 3.32. The Kier molecular flexibility index (Phi) is 2.19. The Bertz CT molecular complexity index is 340. The molecule has 1 unspecified atom stereocenters. The van der Waals surface area contributed by atoms with E-state index in [0.717, 1.165) is 31.3 Å². The highest BCUT2D eigenvalue weighted by Crippen LogP contribution is 2.26. The molecule has 1 aromatic rings. The molecule has 82 valence electrons. The highest BCUT2D eigenvalue weighted by Gasteiger charge is 2.34. The molecule has 3 aliphatic rings. The first kappa shape index (κ1) is 9.26. The van der Waals surface area contributed by atoms with E-state index < -0.39 is 0 Å². The summed E-state index contributed by atoms with van der Waals surface area (Å²) >= 11 is 0. The molecule has 0 radical (unpaired) electrons. The Balaban J connectivity index is 1.81. The molecule has 3 aliphatic heterocycles. The van der Waals surface area contributed by atoms with Crippen molar-refractivity contribution >= 4 is 0 Å². The Morgan fingerprint density at radius 3 is 2.67 bits per heavy atom. The summed E-state index contributed by atoms with van der Waals surface area (Å²) in [6, 6.07) is 0.365. The number of H-pyrrole nitrogens is 1. The number of piperazine rings is 3. The van der Waals surface area contributed by atoms with Gasteiger partial charge in [-0.05, 0) is 0 Å². The van der Waals surface area contributed by atoms with Crippen molar-refractivity contribution in [1.29, 1.82) is 0 Å². The van der Waals surface area contributed by atoms with Gasteiger partial charge in [0, 0.05) is 32.7 Å². The SMILES string of the molecule is NCc1nc(C2CN3CCN2CC3)n[nH]1. The maximum atomic E-state index is 5.51. The van der Waals surface area contributed by atoms with Gasteiger partial charge in [-0.25, -0.2) is 4.98 Å². The first-order valence-electron chi connectivity index (χ1n) is 5.44. The Morgan fingerprint density at radius 1 is 1.33 bits per heavy atom. The van der Waals surface area contributed by atoms with Crippen molar-refractivity contribution < 1.29 is 0 Å². The molecule has 0 amide bonds. The quantitative estimate of drug-likeness (QED) is 0.648. The Hall–Kier alpha value is -0.980. The molecule has 15 heavy (non-hydrogen) atoms. The second kappa shape index (κ2) is 3.55. The third kappa shape index (κ3) is 1.54. The van der Waals surface area contributed by atoms with Crippen molar-refractivity contribution in [2.24, 2.45) is 5.73 Å². The van der Waals surface area contributed by atoms with Crippen molar-refractivity contribution in [2.75, 3.05) is 32.7 Å². The van der Waals surface area contributed by atoms with Gasteiger partial charge in [-0.2, -0.15) is 5.10 Å². The fourth-order valence-electron chi connectivity index (χ4n) is 2.41. The van der Waals surface area contributed by atoms with Gasteiger partial charge in [-0.15, -0.1) is 0 Å². The summed E-state index contributed by atoms with van der Waals surface area (Å²) in [5.74, 6) is 1.68. The number of hydrogen-bond acceptors (Lipinski definition) is 5. The summed E-state index contributed by atoms with van der Waals surface area (Å²) in [6.45, 7) is 6.13. The molecule has 1 atom stereocenters. The highest BCUT2D eigenvalue weighted by atomic mass is 15.4. The summed E-state index contributed by atoms with van der Waals surface area (Å²) in [7, 11) is 0. The molecule has 0 aliphatic carbocycles. The fourth-order valence-corrected chi connectivity index (χ4v) is 2.41. The van der Waals surface area contributed by atoms with Crippen molar-refractivity contribution in [3.8, 4) is 0 Å². The molecule has 3 fully saturated rings. The number of aromatic amines is 1. The van der Waals surface area contributed by atoms with E-state index in [9.17, 15) is 0 Å². The maximum absolute atomic E-state index is 5.51. The number of nitrogens with two attached hydrogens (primary N) is 1. The first-order chi connectivity index (χ1) is 7.36. The minimum Gasteiger partial charge on any atom is -0.324 e. The van der Waals surface area contributed by atoms with Crippen molar-refractivity contribution in [3.63, 3.8) is 0 Å². The van der Waals surface area contributed by atoms with Crippen LogP contribution in [0.25, 0.3) is 0 Å². The van der Waals surface area contributed by atoms with Crippen molar-refractivity contribution in [1.82, 2.24) is 25.0 Å². The molecule has 0 aromatic carbocycles. The molecule has 4 rings (SSSR count). The fraction of sp³-hybridized carbons (Fsp3) is 0.778. The van der Waals surface area contributed by atoms with E-state index in [1.807, 2.05) is 0 Å². The lowest BCUT2D eigenvalue weighted by molar-refractivity contribution is 0.00877. The zero-order chi connectivity index (χ0) is 10.3. The van der Waals surface area contributed by atoms with Crippen LogP contribution in [0, 0.1) is 0 Å². The number of aromatic nitrogens is 3. The van der Waals surface area contributed by atoms with Crippen LogP contribution in [0.15, 0.2) is 0 Å². The van der Waals surface area contributed by atoms with Crippen LogP contribution in [0.1, 0.15) is 17.7 Å². The normalized spacial score (nSPS) is 34.6. The summed E-state index contributed by atoms with van der Waals surface area (Å²) < 4.78 is 0. The lowest BCUT2D eigenvalue weighted by Gasteiger charge is -2.46. The largest absolute Gasteiger partial charge is 0.324 e. The van der Waals surface area contributed by atoms with Crippen molar-refractivity contribution in [3.05, 3.63) is 11.6 Å². The van der Waals surface area contributed by atoms with Crippen LogP contribution < -0.4 is 5.73 Å². The van der Waals surface area contributed by atoms with Crippen LogP contribution in [0.4, 0.5) is 0 Å². The lowest BCUT2D eigenvalue weighted by Crippen LogP contribution is -2.57. The molecule has 6 heteroatoms. The van der Waals surface area contributed by atoms with E-state index in [-0.39, 0.29) is 0 Å². The minimum absolute atomic E-state index is 0.365. The monoisotopic (exact) mass is 208 g/mol. The van der Waals surface area contributed by atoms with Gasteiger partial charge in [0.25, 0.3) is 0 Å². The molecule has 3 saturated heterocycles. The van der Waals surface area contributed by atoms with Gasteiger partial charge in [0.2, 0.25) is 0 Å². The summed E-state index contributed by atoms with van der Waals surface area (Å²) in [6.07, 6.45) is 0. The molecule has 0 saturated carbocycles. The predicted molar refractivity (Wildman–Crippen MR) is 55.0 cm³/mol. The summed E-state index contributed by atoms with van der Waals surface area (Å²) in [5, 5.41) is 7.13. The Labute approximate surface area is 88.5 Å². The second-order valence-electron chi connectivity index (χ2n) is 4.20. The molecule has 1 aromatic heterocycles. The van der Waals surface area contributed by atoms with Gasteiger partial charge in [0.15, 0.2) is 5.82 Å². The topological polar surface area (TPSA) is 74.1 Å². The average Bonchev–Trinajstić information content (AvgIpc) is 2.79. The van der Waals surface area contributed by atoms with Crippen LogP contribution >= 0.6 is 0 Å². The van der Waals surface area contributed by atoms with Crippen LogP contribution in [0.3, 0.4) is 0 Å².